The van der Waals surface area contributed by atoms with Crippen LogP contribution in [0, 0.1) is 0 Å². The molecule has 0 aromatic rings. The van der Waals surface area contributed by atoms with Gasteiger partial charge in [-0.3, -0.25) is 10.3 Å². The fraction of sp³-hybridized carbons (Fsp3) is 0.500. The highest BCUT2D eigenvalue weighted by atomic mass is 15.4. The van der Waals surface area contributed by atoms with Crippen LogP contribution in [0.4, 0.5) is 0 Å². The molecule has 1 rings (SSSR count). The van der Waals surface area contributed by atoms with Crippen molar-refractivity contribution in [1.82, 2.24) is 10.3 Å². The highest BCUT2D eigenvalue weighted by Crippen LogP contribution is 1.92. The Morgan fingerprint density at radius 1 is 1.56 bits per heavy atom. The lowest BCUT2D eigenvalue weighted by Crippen LogP contribution is -2.38. The lowest BCUT2D eigenvalue weighted by molar-refractivity contribution is 0.298. The number of nitrogens with zero attached hydrogens (tertiary/aromatic N) is 2. The zero-order valence-electron chi connectivity index (χ0n) is 5.70. The quantitative estimate of drug-likeness (QED) is 0.535. The summed E-state index contributed by atoms with van der Waals surface area (Å²) in [5, 5.41) is 3.88. The summed E-state index contributed by atoms with van der Waals surface area (Å²) in [6, 6.07) is 0. The summed E-state index contributed by atoms with van der Waals surface area (Å²) in [5.74, 6) is 0. The molecule has 1 aliphatic rings. The number of allylic oxidation sites excluding steroid dienone is 1. The minimum atomic E-state index is 0.259. The zero-order chi connectivity index (χ0) is 6.69. The highest BCUT2D eigenvalue weighted by molar-refractivity contribution is 5.71. The van der Waals surface area contributed by atoms with Gasteiger partial charge >= 0.3 is 0 Å². The third-order valence-corrected chi connectivity index (χ3v) is 1.22. The van der Waals surface area contributed by atoms with Crippen molar-refractivity contribution < 1.29 is 0 Å². The van der Waals surface area contributed by atoms with E-state index in [1.165, 1.54) is 0 Å². The Balaban J connectivity index is 2.46. The molecular weight excluding hydrogens is 114 g/mol. The Bertz CT molecular complexity index is 137. The predicted octanol–water partition coefficient (Wildman–Crippen LogP) is 0.0193. The van der Waals surface area contributed by atoms with E-state index in [0.717, 1.165) is 0 Å². The van der Waals surface area contributed by atoms with Crippen molar-refractivity contribution in [3.63, 3.8) is 0 Å². The largest absolute Gasteiger partial charge is 0.289 e. The molecule has 9 heavy (non-hydrogen) atoms. The Morgan fingerprint density at radius 3 is 2.67 bits per heavy atom. The summed E-state index contributed by atoms with van der Waals surface area (Å²) >= 11 is 0. The number of hydrazone groups is 1. The van der Waals surface area contributed by atoms with Crippen molar-refractivity contribution in [2.24, 2.45) is 5.10 Å². The molecule has 0 radical (unpaired) electrons. The Morgan fingerprint density at radius 2 is 2.33 bits per heavy atom. The van der Waals surface area contributed by atoms with Crippen LogP contribution in [0.5, 0.6) is 0 Å². The monoisotopic (exact) mass is 125 g/mol. The standard InChI is InChI=1S/C6H11N3/c1-9(2)6-4-3-5-7-8-6/h3-6,8H,1-2H3. The van der Waals surface area contributed by atoms with Crippen LogP contribution in [0.3, 0.4) is 0 Å². The van der Waals surface area contributed by atoms with Crippen LogP contribution in [0.15, 0.2) is 17.3 Å². The summed E-state index contributed by atoms with van der Waals surface area (Å²) in [5.41, 5.74) is 2.93. The molecule has 0 aromatic heterocycles. The van der Waals surface area contributed by atoms with Crippen LogP contribution in [-0.2, 0) is 0 Å². The first kappa shape index (κ1) is 6.29. The Kier molecular flexibility index (Phi) is 1.85. The predicted molar refractivity (Wildman–Crippen MR) is 38.2 cm³/mol. The van der Waals surface area contributed by atoms with E-state index in [0.29, 0.717) is 0 Å². The second kappa shape index (κ2) is 2.64. The molecule has 3 nitrogen and oxygen atoms in total. The third-order valence-electron chi connectivity index (χ3n) is 1.22. The number of likely N-dealkylation sites (N-methyl/N-ethyl adjacent to an activating group) is 1. The first-order valence-electron chi connectivity index (χ1n) is 2.92. The van der Waals surface area contributed by atoms with Crippen LogP contribution in [0.25, 0.3) is 0 Å². The first-order chi connectivity index (χ1) is 4.30. The van der Waals surface area contributed by atoms with Gasteiger partial charge in [-0.05, 0) is 26.2 Å². The molecule has 50 valence electrons. The van der Waals surface area contributed by atoms with E-state index in [1.54, 1.807) is 6.21 Å². The number of hydrogen-bond acceptors (Lipinski definition) is 3. The van der Waals surface area contributed by atoms with Gasteiger partial charge in [0.25, 0.3) is 0 Å². The lowest BCUT2D eigenvalue weighted by Gasteiger charge is -2.21. The number of hydrogen-bond donors (Lipinski definition) is 1. The molecule has 0 bridgehead atoms. The van der Waals surface area contributed by atoms with Crippen molar-refractivity contribution in [3.8, 4) is 0 Å². The van der Waals surface area contributed by atoms with E-state index >= 15 is 0 Å². The van der Waals surface area contributed by atoms with Gasteiger partial charge < -0.3 is 0 Å². The normalized spacial score (nSPS) is 24.6. The van der Waals surface area contributed by atoms with Crippen LogP contribution < -0.4 is 5.43 Å². The molecule has 0 fully saturated rings. The average Bonchev–Trinajstić information content (AvgIpc) is 1.90. The summed E-state index contributed by atoms with van der Waals surface area (Å²) in [6.07, 6.45) is 5.98. The number of rotatable bonds is 1. The van der Waals surface area contributed by atoms with E-state index in [1.807, 2.05) is 31.1 Å². The Labute approximate surface area is 55.0 Å². The summed E-state index contributed by atoms with van der Waals surface area (Å²) in [7, 11) is 4.01. The van der Waals surface area contributed by atoms with E-state index in [-0.39, 0.29) is 6.17 Å². The fourth-order valence-electron chi connectivity index (χ4n) is 0.648. The van der Waals surface area contributed by atoms with Gasteiger partial charge in [0, 0.05) is 6.21 Å². The van der Waals surface area contributed by atoms with Gasteiger partial charge in [0.05, 0.1) is 0 Å². The lowest BCUT2D eigenvalue weighted by atomic mass is 10.4. The summed E-state index contributed by atoms with van der Waals surface area (Å²) in [4.78, 5) is 2.05. The van der Waals surface area contributed by atoms with Crippen LogP contribution in [-0.4, -0.2) is 31.4 Å². The van der Waals surface area contributed by atoms with Crippen molar-refractivity contribution in [2.75, 3.05) is 14.1 Å². The summed E-state index contributed by atoms with van der Waals surface area (Å²) < 4.78 is 0. The molecule has 0 amide bonds. The van der Waals surface area contributed by atoms with Crippen LogP contribution >= 0.6 is 0 Å². The van der Waals surface area contributed by atoms with E-state index < -0.39 is 0 Å². The van der Waals surface area contributed by atoms with E-state index in [9.17, 15) is 0 Å². The van der Waals surface area contributed by atoms with Gasteiger partial charge in [0.1, 0.15) is 6.17 Å². The van der Waals surface area contributed by atoms with Gasteiger partial charge in [-0.15, -0.1) is 0 Å². The zero-order valence-corrected chi connectivity index (χ0v) is 5.70. The van der Waals surface area contributed by atoms with Crippen molar-refractivity contribution in [1.29, 1.82) is 0 Å². The minimum Gasteiger partial charge on any atom is -0.289 e. The topological polar surface area (TPSA) is 27.6 Å². The molecule has 0 aliphatic carbocycles. The van der Waals surface area contributed by atoms with Gasteiger partial charge in [0.15, 0.2) is 0 Å². The van der Waals surface area contributed by atoms with Gasteiger partial charge in [0.2, 0.25) is 0 Å². The van der Waals surface area contributed by atoms with Gasteiger partial charge in [-0.2, -0.15) is 5.10 Å². The maximum Gasteiger partial charge on any atom is 0.115 e. The van der Waals surface area contributed by atoms with Gasteiger partial charge in [-0.25, -0.2) is 0 Å². The molecule has 1 heterocycles. The molecule has 0 spiro atoms. The SMILES string of the molecule is CN(C)C1C=CC=NN1. The first-order valence-corrected chi connectivity index (χ1v) is 2.92. The van der Waals surface area contributed by atoms with Crippen molar-refractivity contribution in [2.45, 2.75) is 6.17 Å². The van der Waals surface area contributed by atoms with Crippen LogP contribution in [0.1, 0.15) is 0 Å². The highest BCUT2D eigenvalue weighted by Gasteiger charge is 2.04. The second-order valence-electron chi connectivity index (χ2n) is 2.20. The maximum absolute atomic E-state index is 3.88. The van der Waals surface area contributed by atoms with E-state index in [4.69, 9.17) is 0 Å². The van der Waals surface area contributed by atoms with Crippen molar-refractivity contribution in [3.05, 3.63) is 12.2 Å². The second-order valence-corrected chi connectivity index (χ2v) is 2.20. The molecule has 1 N–H and O–H groups in total. The molecule has 1 unspecified atom stereocenters. The van der Waals surface area contributed by atoms with Crippen molar-refractivity contribution >= 4 is 6.21 Å². The molecule has 3 heteroatoms. The Hall–Kier alpha value is -0.830. The molecule has 0 saturated carbocycles. The maximum atomic E-state index is 3.88. The fourth-order valence-corrected chi connectivity index (χ4v) is 0.648. The molecule has 1 aliphatic heterocycles. The molecule has 0 aromatic carbocycles. The summed E-state index contributed by atoms with van der Waals surface area (Å²) in [6.45, 7) is 0. The molecule has 1 atom stereocenters. The number of nitrogens with one attached hydrogen (secondary N) is 1. The van der Waals surface area contributed by atoms with Gasteiger partial charge in [-0.1, -0.05) is 0 Å². The molecular formula is C6H11N3. The average molecular weight is 125 g/mol. The minimum absolute atomic E-state index is 0.259. The smallest absolute Gasteiger partial charge is 0.115 e. The molecule has 0 saturated heterocycles. The third kappa shape index (κ3) is 1.54. The van der Waals surface area contributed by atoms with Crippen LogP contribution in [0.2, 0.25) is 0 Å². The van der Waals surface area contributed by atoms with E-state index in [2.05, 4.69) is 10.5 Å².